The van der Waals surface area contributed by atoms with Gasteiger partial charge >= 0.3 is 0 Å². The first-order chi connectivity index (χ1) is 14.6. The number of ether oxygens (including phenoxy) is 2. The van der Waals surface area contributed by atoms with E-state index in [2.05, 4.69) is 4.98 Å². The van der Waals surface area contributed by atoms with Crippen LogP contribution >= 0.6 is 0 Å². The summed E-state index contributed by atoms with van der Waals surface area (Å²) in [5.74, 6) is 0.204. The van der Waals surface area contributed by atoms with Crippen molar-refractivity contribution in [2.24, 2.45) is 0 Å². The second kappa shape index (κ2) is 9.21. The van der Waals surface area contributed by atoms with Gasteiger partial charge in [-0.3, -0.25) is 14.6 Å². The van der Waals surface area contributed by atoms with Crippen LogP contribution in [0, 0.1) is 5.82 Å². The second-order valence-corrected chi connectivity index (χ2v) is 7.50. The molecule has 2 amide bonds. The number of pyridine rings is 1. The Morgan fingerprint density at radius 2 is 1.83 bits per heavy atom. The molecule has 4 rings (SSSR count). The number of hydrogen-bond donors (Lipinski definition) is 0. The zero-order chi connectivity index (χ0) is 20.9. The molecule has 0 saturated carbocycles. The summed E-state index contributed by atoms with van der Waals surface area (Å²) in [4.78, 5) is 32.6. The van der Waals surface area contributed by atoms with Gasteiger partial charge in [-0.25, -0.2) is 4.39 Å². The van der Waals surface area contributed by atoms with Crippen molar-refractivity contribution in [2.45, 2.75) is 25.0 Å². The van der Waals surface area contributed by atoms with Crippen LogP contribution in [-0.2, 0) is 9.53 Å². The highest BCUT2D eigenvalue weighted by molar-refractivity contribution is 5.94. The average molecular weight is 413 g/mol. The summed E-state index contributed by atoms with van der Waals surface area (Å²) in [6, 6.07) is 9.32. The van der Waals surface area contributed by atoms with Crippen LogP contribution in [0.3, 0.4) is 0 Å². The van der Waals surface area contributed by atoms with E-state index >= 15 is 0 Å². The molecule has 7 nitrogen and oxygen atoms in total. The fraction of sp³-hybridized carbons (Fsp3) is 0.409. The van der Waals surface area contributed by atoms with Crippen LogP contribution in [0.15, 0.2) is 48.8 Å². The Balaban J connectivity index is 1.29. The Hall–Kier alpha value is -3.00. The Morgan fingerprint density at radius 1 is 1.13 bits per heavy atom. The highest BCUT2D eigenvalue weighted by Gasteiger charge is 2.34. The molecule has 30 heavy (non-hydrogen) atoms. The normalized spacial score (nSPS) is 20.3. The van der Waals surface area contributed by atoms with E-state index in [0.717, 1.165) is 12.8 Å². The number of rotatable bonds is 5. The summed E-state index contributed by atoms with van der Waals surface area (Å²) >= 11 is 0. The van der Waals surface area contributed by atoms with E-state index in [-0.39, 0.29) is 43.0 Å². The fourth-order valence-corrected chi connectivity index (χ4v) is 3.88. The lowest BCUT2D eigenvalue weighted by Crippen LogP contribution is -2.55. The Kier molecular flexibility index (Phi) is 6.23. The maximum absolute atomic E-state index is 13.0. The van der Waals surface area contributed by atoms with E-state index in [1.807, 2.05) is 9.80 Å². The van der Waals surface area contributed by atoms with E-state index in [1.54, 1.807) is 36.7 Å². The van der Waals surface area contributed by atoms with Crippen molar-refractivity contribution in [1.82, 2.24) is 14.8 Å². The molecule has 1 unspecified atom stereocenters. The number of benzene rings is 1. The van der Waals surface area contributed by atoms with Crippen LogP contribution in [-0.4, -0.2) is 71.6 Å². The van der Waals surface area contributed by atoms with Gasteiger partial charge in [0.05, 0.1) is 6.54 Å². The monoisotopic (exact) mass is 413 g/mol. The van der Waals surface area contributed by atoms with Gasteiger partial charge in [0.2, 0.25) is 5.91 Å². The third-order valence-electron chi connectivity index (χ3n) is 5.53. The summed E-state index contributed by atoms with van der Waals surface area (Å²) < 4.78 is 24.3. The van der Waals surface area contributed by atoms with Crippen LogP contribution in [0.5, 0.6) is 5.75 Å². The minimum absolute atomic E-state index is 0.00488. The largest absolute Gasteiger partial charge is 0.491 e. The highest BCUT2D eigenvalue weighted by Crippen LogP contribution is 2.22. The number of nitrogens with zero attached hydrogens (tertiary/aromatic N) is 3. The van der Waals surface area contributed by atoms with Gasteiger partial charge in [-0.2, -0.15) is 0 Å². The number of piperidine rings is 1. The van der Waals surface area contributed by atoms with Crippen molar-refractivity contribution >= 4 is 11.8 Å². The third-order valence-corrected chi connectivity index (χ3v) is 5.53. The summed E-state index contributed by atoms with van der Waals surface area (Å²) in [5.41, 5.74) is 0.629. The van der Waals surface area contributed by atoms with Gasteiger partial charge in [-0.1, -0.05) is 0 Å². The lowest BCUT2D eigenvalue weighted by Gasteiger charge is -2.42. The quantitative estimate of drug-likeness (QED) is 0.751. The molecule has 2 aliphatic heterocycles. The molecule has 0 spiro atoms. The number of carbonyl (C=O) groups excluding carboxylic acids is 2. The molecular weight excluding hydrogens is 389 g/mol. The van der Waals surface area contributed by atoms with Crippen LogP contribution in [0.2, 0.25) is 0 Å². The smallest absolute Gasteiger partial charge is 0.253 e. The minimum atomic E-state index is -0.318. The van der Waals surface area contributed by atoms with Crippen molar-refractivity contribution in [3.63, 3.8) is 0 Å². The van der Waals surface area contributed by atoms with E-state index in [9.17, 15) is 14.0 Å². The Bertz CT molecular complexity index is 870. The summed E-state index contributed by atoms with van der Waals surface area (Å²) in [6.45, 7) is 1.96. The number of carbonyl (C=O) groups is 2. The molecule has 2 aromatic rings. The molecule has 0 aliphatic carbocycles. The number of likely N-dealkylation sites (tertiary alicyclic amines) is 1. The molecule has 2 fully saturated rings. The molecule has 2 aliphatic rings. The van der Waals surface area contributed by atoms with Gasteiger partial charge < -0.3 is 19.3 Å². The lowest BCUT2D eigenvalue weighted by molar-refractivity contribution is -0.155. The standard InChI is InChI=1S/C22H24FN3O4/c23-17-1-3-19(4-2-17)29-14-20-13-26(21(27)15-30-20)18-7-11-25(12-8-18)22(28)16-5-9-24-10-6-16/h1-6,9-10,18,20H,7-8,11-15H2. The summed E-state index contributed by atoms with van der Waals surface area (Å²) in [7, 11) is 0. The molecule has 3 heterocycles. The van der Waals surface area contributed by atoms with Gasteiger partial charge in [0.25, 0.3) is 5.91 Å². The van der Waals surface area contributed by atoms with E-state index in [0.29, 0.717) is 30.9 Å². The molecule has 0 N–H and O–H groups in total. The van der Waals surface area contributed by atoms with Gasteiger partial charge in [-0.15, -0.1) is 0 Å². The minimum Gasteiger partial charge on any atom is -0.491 e. The number of aromatic nitrogens is 1. The van der Waals surface area contributed by atoms with E-state index in [1.165, 1.54) is 12.1 Å². The molecule has 1 atom stereocenters. The first kappa shape index (κ1) is 20.3. The Morgan fingerprint density at radius 3 is 2.53 bits per heavy atom. The second-order valence-electron chi connectivity index (χ2n) is 7.50. The van der Waals surface area contributed by atoms with Crippen molar-refractivity contribution in [3.8, 4) is 5.75 Å². The van der Waals surface area contributed by atoms with Crippen molar-refractivity contribution in [2.75, 3.05) is 32.8 Å². The van der Waals surface area contributed by atoms with E-state index < -0.39 is 0 Å². The molecule has 8 heteroatoms. The van der Waals surface area contributed by atoms with Gasteiger partial charge in [0, 0.05) is 37.1 Å². The van der Waals surface area contributed by atoms with Crippen LogP contribution < -0.4 is 4.74 Å². The lowest BCUT2D eigenvalue weighted by atomic mass is 10.0. The highest BCUT2D eigenvalue weighted by atomic mass is 19.1. The SMILES string of the molecule is O=C(c1ccncc1)N1CCC(N2CC(COc3ccc(F)cc3)OCC2=O)CC1. The maximum Gasteiger partial charge on any atom is 0.253 e. The number of amides is 2. The van der Waals surface area contributed by atoms with Gasteiger partial charge in [0.1, 0.15) is 30.9 Å². The molecule has 2 saturated heterocycles. The topological polar surface area (TPSA) is 72.0 Å². The maximum atomic E-state index is 13.0. The molecule has 0 bridgehead atoms. The summed E-state index contributed by atoms with van der Waals surface area (Å²) in [5, 5.41) is 0. The molecule has 1 aromatic heterocycles. The van der Waals surface area contributed by atoms with Crippen LogP contribution in [0.1, 0.15) is 23.2 Å². The van der Waals surface area contributed by atoms with Crippen molar-refractivity contribution in [1.29, 1.82) is 0 Å². The van der Waals surface area contributed by atoms with Crippen molar-refractivity contribution < 1.29 is 23.5 Å². The Labute approximate surface area is 174 Å². The van der Waals surface area contributed by atoms with Crippen LogP contribution in [0.4, 0.5) is 4.39 Å². The van der Waals surface area contributed by atoms with Gasteiger partial charge in [-0.05, 0) is 49.2 Å². The zero-order valence-corrected chi connectivity index (χ0v) is 16.6. The predicted molar refractivity (Wildman–Crippen MR) is 107 cm³/mol. The zero-order valence-electron chi connectivity index (χ0n) is 16.6. The first-order valence-corrected chi connectivity index (χ1v) is 10.1. The molecule has 158 valence electrons. The molecule has 1 aromatic carbocycles. The third kappa shape index (κ3) is 4.76. The van der Waals surface area contributed by atoms with E-state index in [4.69, 9.17) is 9.47 Å². The molecular formula is C22H24FN3O4. The van der Waals surface area contributed by atoms with Crippen LogP contribution in [0.25, 0.3) is 0 Å². The number of hydrogen-bond acceptors (Lipinski definition) is 5. The predicted octanol–water partition coefficient (Wildman–Crippen LogP) is 2.13. The summed E-state index contributed by atoms with van der Waals surface area (Å²) in [6.07, 6.45) is 4.44. The van der Waals surface area contributed by atoms with Crippen molar-refractivity contribution in [3.05, 3.63) is 60.2 Å². The molecule has 0 radical (unpaired) electrons. The number of halogens is 1. The van der Waals surface area contributed by atoms with Gasteiger partial charge in [0.15, 0.2) is 0 Å². The number of morpholine rings is 1. The fourth-order valence-electron chi connectivity index (χ4n) is 3.88. The average Bonchev–Trinajstić information content (AvgIpc) is 2.80. The first-order valence-electron chi connectivity index (χ1n) is 10.1.